The Hall–Kier alpha value is -1.63. The van der Waals surface area contributed by atoms with Gasteiger partial charge in [-0.2, -0.15) is 13.2 Å². The Kier molecular flexibility index (Phi) is 3.49. The smallest absolute Gasteiger partial charge is 0.258 e. The van der Waals surface area contributed by atoms with Crippen LogP contribution in [0.25, 0.3) is 0 Å². The molecule has 0 aromatic heterocycles. The number of aliphatic imine (C=N–C) groups is 1. The average molecular weight is 293 g/mol. The van der Waals surface area contributed by atoms with E-state index < -0.39 is 16.3 Å². The zero-order chi connectivity index (χ0) is 14.2. The van der Waals surface area contributed by atoms with E-state index in [1.54, 1.807) is 0 Å². The van der Waals surface area contributed by atoms with Gasteiger partial charge in [0.1, 0.15) is 0 Å². The SMILES string of the molecule is O=[N+]([O-])c1ccc(C2CC2)c(/N=C(/Cl)C(F)(F)F)c1. The summed E-state index contributed by atoms with van der Waals surface area (Å²) in [7, 11) is 0. The van der Waals surface area contributed by atoms with Crippen LogP contribution in [-0.2, 0) is 0 Å². The molecule has 0 bridgehead atoms. The summed E-state index contributed by atoms with van der Waals surface area (Å²) in [6, 6.07) is 3.71. The van der Waals surface area contributed by atoms with Crippen molar-refractivity contribution in [1.82, 2.24) is 0 Å². The van der Waals surface area contributed by atoms with Gasteiger partial charge in [-0.15, -0.1) is 0 Å². The summed E-state index contributed by atoms with van der Waals surface area (Å²) in [6.45, 7) is 0. The molecule has 0 N–H and O–H groups in total. The molecule has 0 spiro atoms. The molecule has 8 heteroatoms. The second kappa shape index (κ2) is 4.80. The van der Waals surface area contributed by atoms with E-state index in [1.165, 1.54) is 12.1 Å². The van der Waals surface area contributed by atoms with Crippen LogP contribution in [-0.4, -0.2) is 16.3 Å². The lowest BCUT2D eigenvalue weighted by molar-refractivity contribution is -0.384. The Morgan fingerprint density at radius 2 is 2.05 bits per heavy atom. The fraction of sp³-hybridized carbons (Fsp3) is 0.364. The average Bonchev–Trinajstić information content (AvgIpc) is 3.11. The molecule has 1 aliphatic carbocycles. The maximum Gasteiger partial charge on any atom is 0.444 e. The summed E-state index contributed by atoms with van der Waals surface area (Å²) in [4.78, 5) is 13.2. The summed E-state index contributed by atoms with van der Waals surface area (Å²) in [5.74, 6) is 0.109. The van der Waals surface area contributed by atoms with Gasteiger partial charge in [0.25, 0.3) is 5.69 Å². The van der Waals surface area contributed by atoms with Gasteiger partial charge in [-0.05, 0) is 30.4 Å². The molecule has 4 nitrogen and oxygen atoms in total. The predicted molar refractivity (Wildman–Crippen MR) is 64.1 cm³/mol. The van der Waals surface area contributed by atoms with Crippen LogP contribution >= 0.6 is 11.6 Å². The minimum atomic E-state index is -4.76. The van der Waals surface area contributed by atoms with Crippen LogP contribution in [0.1, 0.15) is 24.3 Å². The molecular formula is C11H8ClF3N2O2. The highest BCUT2D eigenvalue weighted by Crippen LogP contribution is 2.45. The van der Waals surface area contributed by atoms with Crippen LogP contribution in [0.2, 0.25) is 0 Å². The molecule has 0 unspecified atom stereocenters. The van der Waals surface area contributed by atoms with Gasteiger partial charge < -0.3 is 0 Å². The van der Waals surface area contributed by atoms with Crippen molar-refractivity contribution in [1.29, 1.82) is 0 Å². The molecule has 1 fully saturated rings. The van der Waals surface area contributed by atoms with Crippen LogP contribution in [0.4, 0.5) is 24.5 Å². The van der Waals surface area contributed by atoms with Crippen molar-refractivity contribution in [2.24, 2.45) is 4.99 Å². The molecule has 19 heavy (non-hydrogen) atoms. The summed E-state index contributed by atoms with van der Waals surface area (Å²) >= 11 is 5.08. The Morgan fingerprint density at radius 3 is 2.53 bits per heavy atom. The molecule has 0 heterocycles. The molecular weight excluding hydrogens is 285 g/mol. The summed E-state index contributed by atoms with van der Waals surface area (Å²) in [5, 5.41) is 9.10. The second-order valence-electron chi connectivity index (χ2n) is 4.17. The van der Waals surface area contributed by atoms with E-state index in [1.807, 2.05) is 0 Å². The van der Waals surface area contributed by atoms with Gasteiger partial charge in [-0.25, -0.2) is 4.99 Å². The number of halogens is 4. The van der Waals surface area contributed by atoms with E-state index in [0.29, 0.717) is 5.56 Å². The van der Waals surface area contributed by atoms with Crippen LogP contribution in [0.3, 0.4) is 0 Å². The number of nitro benzene ring substituents is 1. The zero-order valence-corrected chi connectivity index (χ0v) is 10.2. The van der Waals surface area contributed by atoms with E-state index >= 15 is 0 Å². The highest BCUT2D eigenvalue weighted by molar-refractivity contribution is 6.67. The molecule has 102 valence electrons. The first kappa shape index (κ1) is 13.8. The molecule has 1 aromatic rings. The molecule has 0 radical (unpaired) electrons. The van der Waals surface area contributed by atoms with Crippen molar-refractivity contribution in [3.8, 4) is 0 Å². The fourth-order valence-electron chi connectivity index (χ4n) is 1.65. The molecule has 0 atom stereocenters. The zero-order valence-electron chi connectivity index (χ0n) is 9.45. The Bertz CT molecular complexity index is 553. The molecule has 1 saturated carbocycles. The monoisotopic (exact) mass is 292 g/mol. The third-order valence-electron chi connectivity index (χ3n) is 2.69. The highest BCUT2D eigenvalue weighted by Gasteiger charge is 2.35. The topological polar surface area (TPSA) is 55.5 Å². The van der Waals surface area contributed by atoms with Crippen LogP contribution in [0.5, 0.6) is 0 Å². The van der Waals surface area contributed by atoms with Crippen molar-refractivity contribution >= 4 is 28.1 Å². The van der Waals surface area contributed by atoms with Crippen LogP contribution in [0, 0.1) is 10.1 Å². The van der Waals surface area contributed by atoms with Gasteiger partial charge in [0, 0.05) is 12.1 Å². The van der Waals surface area contributed by atoms with Crippen molar-refractivity contribution < 1.29 is 18.1 Å². The number of nitro groups is 1. The first-order valence-electron chi connectivity index (χ1n) is 5.39. The van der Waals surface area contributed by atoms with Gasteiger partial charge in [0.15, 0.2) is 0 Å². The normalized spacial score (nSPS) is 16.5. The van der Waals surface area contributed by atoms with E-state index in [-0.39, 0.29) is 17.3 Å². The molecule has 1 aromatic carbocycles. The fourth-order valence-corrected chi connectivity index (χ4v) is 1.74. The first-order valence-corrected chi connectivity index (χ1v) is 5.76. The maximum atomic E-state index is 12.3. The second-order valence-corrected chi connectivity index (χ2v) is 4.53. The van der Waals surface area contributed by atoms with Crippen molar-refractivity contribution in [3.63, 3.8) is 0 Å². The largest absolute Gasteiger partial charge is 0.444 e. The number of hydrogen-bond donors (Lipinski definition) is 0. The number of alkyl halides is 3. The molecule has 0 saturated heterocycles. The lowest BCUT2D eigenvalue weighted by Gasteiger charge is -2.07. The van der Waals surface area contributed by atoms with E-state index in [9.17, 15) is 23.3 Å². The van der Waals surface area contributed by atoms with Gasteiger partial charge >= 0.3 is 6.18 Å². The Balaban J connectivity index is 2.46. The quantitative estimate of drug-likeness (QED) is 0.474. The van der Waals surface area contributed by atoms with Crippen molar-refractivity contribution in [3.05, 3.63) is 33.9 Å². The van der Waals surface area contributed by atoms with Gasteiger partial charge in [-0.3, -0.25) is 10.1 Å². The van der Waals surface area contributed by atoms with Gasteiger partial charge in [-0.1, -0.05) is 11.6 Å². The third kappa shape index (κ3) is 3.23. The molecule has 1 aliphatic rings. The van der Waals surface area contributed by atoms with Crippen molar-refractivity contribution in [2.75, 3.05) is 0 Å². The van der Waals surface area contributed by atoms with Crippen molar-refractivity contribution in [2.45, 2.75) is 24.9 Å². The van der Waals surface area contributed by atoms with E-state index in [2.05, 4.69) is 4.99 Å². The standard InChI is InChI=1S/C11H8ClF3N2O2/c12-10(11(13,14)15)16-9-5-7(17(18)19)3-4-8(9)6-1-2-6/h3-6H,1-2H2/b16-10+. The van der Waals surface area contributed by atoms with E-state index in [0.717, 1.165) is 18.9 Å². The van der Waals surface area contributed by atoms with E-state index in [4.69, 9.17) is 11.6 Å². The minimum absolute atomic E-state index is 0.0842. The maximum absolute atomic E-state index is 12.3. The predicted octanol–water partition coefficient (Wildman–Crippen LogP) is 4.30. The Morgan fingerprint density at radius 1 is 1.42 bits per heavy atom. The van der Waals surface area contributed by atoms with Crippen LogP contribution in [0.15, 0.2) is 23.2 Å². The van der Waals surface area contributed by atoms with Gasteiger partial charge in [0.2, 0.25) is 5.17 Å². The number of non-ortho nitro benzene ring substituents is 1. The number of nitrogens with zero attached hydrogens (tertiary/aromatic N) is 2. The molecule has 0 aliphatic heterocycles. The third-order valence-corrected chi connectivity index (χ3v) is 2.99. The summed E-state index contributed by atoms with van der Waals surface area (Å²) in [5.41, 5.74) is 0.168. The summed E-state index contributed by atoms with van der Waals surface area (Å²) in [6.07, 6.45) is -3.08. The lowest BCUT2D eigenvalue weighted by Crippen LogP contribution is -2.16. The first-order chi connectivity index (χ1) is 8.79. The lowest BCUT2D eigenvalue weighted by atomic mass is 10.1. The van der Waals surface area contributed by atoms with Crippen LogP contribution < -0.4 is 0 Å². The highest BCUT2D eigenvalue weighted by atomic mass is 35.5. The minimum Gasteiger partial charge on any atom is -0.258 e. The molecule has 2 rings (SSSR count). The number of rotatable bonds is 3. The number of benzene rings is 1. The number of hydrogen-bond acceptors (Lipinski definition) is 3. The molecule has 0 amide bonds. The van der Waals surface area contributed by atoms with Gasteiger partial charge in [0.05, 0.1) is 10.6 Å². The Labute approximate surface area is 111 Å². The summed E-state index contributed by atoms with van der Waals surface area (Å²) < 4.78 is 37.0.